The second-order valence-corrected chi connectivity index (χ2v) is 6.74. The van der Waals surface area contributed by atoms with Gasteiger partial charge in [-0.15, -0.1) is 11.3 Å². The van der Waals surface area contributed by atoms with Crippen molar-refractivity contribution in [3.63, 3.8) is 0 Å². The van der Waals surface area contributed by atoms with Gasteiger partial charge in [0.25, 0.3) is 0 Å². The van der Waals surface area contributed by atoms with E-state index in [-0.39, 0.29) is 0 Å². The molecule has 2 heteroatoms. The predicted octanol–water partition coefficient (Wildman–Crippen LogP) is 3.66. The van der Waals surface area contributed by atoms with E-state index in [2.05, 4.69) is 23.7 Å². The van der Waals surface area contributed by atoms with Crippen LogP contribution in [0.15, 0.2) is 0 Å². The lowest BCUT2D eigenvalue weighted by Crippen LogP contribution is -2.21. The van der Waals surface area contributed by atoms with Crippen molar-refractivity contribution in [2.24, 2.45) is 0 Å². The number of rotatable bonds is 2. The first-order valence-corrected chi connectivity index (χ1v) is 7.99. The van der Waals surface area contributed by atoms with Gasteiger partial charge in [0.1, 0.15) is 0 Å². The van der Waals surface area contributed by atoms with E-state index < -0.39 is 0 Å². The maximum absolute atomic E-state index is 3.40. The van der Waals surface area contributed by atoms with Crippen LogP contribution in [0.25, 0.3) is 0 Å². The summed E-state index contributed by atoms with van der Waals surface area (Å²) in [6.07, 6.45) is 11.2. The fraction of sp³-hybridized carbons (Fsp3) is 0.733. The molecule has 0 spiro atoms. The largest absolute Gasteiger partial charge is 0.319 e. The van der Waals surface area contributed by atoms with Gasteiger partial charge in [-0.05, 0) is 69.0 Å². The van der Waals surface area contributed by atoms with Crippen molar-refractivity contribution in [2.45, 2.75) is 57.3 Å². The van der Waals surface area contributed by atoms with Gasteiger partial charge in [0.05, 0.1) is 0 Å². The first-order chi connectivity index (χ1) is 8.40. The second-order valence-electron chi connectivity index (χ2n) is 5.55. The van der Waals surface area contributed by atoms with Crippen LogP contribution in [-0.2, 0) is 19.3 Å². The maximum atomic E-state index is 3.40. The number of thiophene rings is 1. The van der Waals surface area contributed by atoms with Crippen molar-refractivity contribution in [1.29, 1.82) is 0 Å². The maximum Gasteiger partial charge on any atom is 0.00863 e. The molecular weight excluding hydrogens is 226 g/mol. The monoisotopic (exact) mass is 249 g/mol. The number of likely N-dealkylation sites (N-methyl/N-ethyl adjacent to an activating group) is 1. The minimum absolute atomic E-state index is 0.807. The zero-order valence-corrected chi connectivity index (χ0v) is 11.7. The minimum Gasteiger partial charge on any atom is -0.319 e. The molecule has 2 aliphatic carbocycles. The highest BCUT2D eigenvalue weighted by Gasteiger charge is 2.27. The molecule has 1 heterocycles. The Kier molecular flexibility index (Phi) is 3.53. The Labute approximate surface area is 109 Å². The summed E-state index contributed by atoms with van der Waals surface area (Å²) in [6, 6.07) is 0. The molecule has 1 unspecified atom stereocenters. The molecule has 0 radical (unpaired) electrons. The average Bonchev–Trinajstić information content (AvgIpc) is 2.54. The first-order valence-electron chi connectivity index (χ1n) is 7.18. The molecule has 1 N–H and O–H groups in total. The predicted molar refractivity (Wildman–Crippen MR) is 75.2 cm³/mol. The Morgan fingerprint density at radius 2 is 1.88 bits per heavy atom. The molecule has 94 valence electrons. The van der Waals surface area contributed by atoms with E-state index in [0.29, 0.717) is 0 Å². The third-order valence-electron chi connectivity index (χ3n) is 4.35. The molecule has 1 atom stereocenters. The fourth-order valence-corrected chi connectivity index (χ4v) is 5.11. The quantitative estimate of drug-likeness (QED) is 0.789. The normalized spacial score (nSPS) is 23.9. The van der Waals surface area contributed by atoms with Crippen LogP contribution in [-0.4, -0.2) is 13.6 Å². The van der Waals surface area contributed by atoms with Crippen LogP contribution in [0.1, 0.15) is 58.9 Å². The molecule has 0 aliphatic heterocycles. The van der Waals surface area contributed by atoms with Crippen LogP contribution in [0.4, 0.5) is 0 Å². The van der Waals surface area contributed by atoms with Gasteiger partial charge in [0, 0.05) is 16.3 Å². The summed E-state index contributed by atoms with van der Waals surface area (Å²) >= 11 is 2.15. The highest BCUT2D eigenvalue weighted by Crippen LogP contribution is 2.42. The third-order valence-corrected chi connectivity index (χ3v) is 5.72. The topological polar surface area (TPSA) is 12.0 Å². The molecule has 0 bridgehead atoms. The summed E-state index contributed by atoms with van der Waals surface area (Å²) in [7, 11) is 2.10. The van der Waals surface area contributed by atoms with Crippen LogP contribution in [0, 0.1) is 0 Å². The zero-order valence-electron chi connectivity index (χ0n) is 10.8. The Morgan fingerprint density at radius 3 is 2.76 bits per heavy atom. The number of fused-ring (bicyclic) bond motifs is 3. The number of aryl methyl sites for hydroxylation is 2. The van der Waals surface area contributed by atoms with E-state index in [9.17, 15) is 0 Å². The summed E-state index contributed by atoms with van der Waals surface area (Å²) in [5.41, 5.74) is 3.56. The smallest absolute Gasteiger partial charge is 0.00863 e. The van der Waals surface area contributed by atoms with Crippen molar-refractivity contribution >= 4 is 11.3 Å². The van der Waals surface area contributed by atoms with Gasteiger partial charge < -0.3 is 5.32 Å². The number of hydrogen-bond donors (Lipinski definition) is 1. The molecule has 17 heavy (non-hydrogen) atoms. The number of hydrogen-bond acceptors (Lipinski definition) is 2. The third kappa shape index (κ3) is 2.17. The Hall–Kier alpha value is -0.340. The Bertz CT molecular complexity index is 394. The summed E-state index contributed by atoms with van der Waals surface area (Å²) < 4.78 is 0. The lowest BCUT2D eigenvalue weighted by Gasteiger charge is -2.24. The van der Waals surface area contributed by atoms with Gasteiger partial charge in [0.2, 0.25) is 0 Å². The standard InChI is InChI=1S/C15H23NS/c1-16-10-11-6-5-9-14-15(11)12-7-3-2-4-8-13(12)17-14/h11,16H,2-10H2,1H3. The molecule has 0 amide bonds. The van der Waals surface area contributed by atoms with Crippen LogP contribution < -0.4 is 5.32 Å². The lowest BCUT2D eigenvalue weighted by molar-refractivity contribution is 0.529. The van der Waals surface area contributed by atoms with E-state index in [0.717, 1.165) is 5.92 Å². The van der Waals surface area contributed by atoms with Crippen LogP contribution in [0.3, 0.4) is 0 Å². The van der Waals surface area contributed by atoms with E-state index in [4.69, 9.17) is 0 Å². The zero-order chi connectivity index (χ0) is 11.7. The second kappa shape index (κ2) is 5.11. The fourth-order valence-electron chi connectivity index (χ4n) is 3.59. The average molecular weight is 249 g/mol. The minimum atomic E-state index is 0.807. The van der Waals surface area contributed by atoms with E-state index in [1.54, 1.807) is 20.9 Å². The number of nitrogens with one attached hydrogen (secondary N) is 1. The van der Waals surface area contributed by atoms with Gasteiger partial charge in [0.15, 0.2) is 0 Å². The molecular formula is C15H23NS. The molecule has 0 aromatic carbocycles. The summed E-state index contributed by atoms with van der Waals surface area (Å²) in [5.74, 6) is 0.807. The van der Waals surface area contributed by atoms with Gasteiger partial charge >= 0.3 is 0 Å². The molecule has 3 rings (SSSR count). The van der Waals surface area contributed by atoms with Gasteiger partial charge in [-0.25, -0.2) is 0 Å². The highest BCUT2D eigenvalue weighted by molar-refractivity contribution is 7.12. The summed E-state index contributed by atoms with van der Waals surface area (Å²) in [4.78, 5) is 3.49. The van der Waals surface area contributed by atoms with Crippen molar-refractivity contribution in [3.05, 3.63) is 20.9 Å². The van der Waals surface area contributed by atoms with Crippen molar-refractivity contribution in [2.75, 3.05) is 13.6 Å². The molecule has 0 saturated heterocycles. The van der Waals surface area contributed by atoms with Gasteiger partial charge in [-0.3, -0.25) is 0 Å². The highest BCUT2D eigenvalue weighted by atomic mass is 32.1. The van der Waals surface area contributed by atoms with Gasteiger partial charge in [-0.1, -0.05) is 6.42 Å². The van der Waals surface area contributed by atoms with Crippen LogP contribution in [0.2, 0.25) is 0 Å². The van der Waals surface area contributed by atoms with E-state index in [1.807, 2.05) is 0 Å². The lowest BCUT2D eigenvalue weighted by atomic mass is 9.83. The van der Waals surface area contributed by atoms with E-state index in [1.165, 1.54) is 57.9 Å². The molecule has 0 saturated carbocycles. The SMILES string of the molecule is CNCC1CCCc2sc3c(c21)CCCCC3. The van der Waals surface area contributed by atoms with Crippen LogP contribution >= 0.6 is 11.3 Å². The van der Waals surface area contributed by atoms with Crippen LogP contribution in [0.5, 0.6) is 0 Å². The molecule has 1 nitrogen and oxygen atoms in total. The van der Waals surface area contributed by atoms with Crippen molar-refractivity contribution in [1.82, 2.24) is 5.32 Å². The Balaban J connectivity index is 1.99. The van der Waals surface area contributed by atoms with Crippen molar-refractivity contribution < 1.29 is 0 Å². The molecule has 2 aliphatic rings. The van der Waals surface area contributed by atoms with Gasteiger partial charge in [-0.2, -0.15) is 0 Å². The summed E-state index contributed by atoms with van der Waals surface area (Å²) in [5, 5.41) is 3.40. The first kappa shape index (κ1) is 11.7. The Morgan fingerprint density at radius 1 is 1.06 bits per heavy atom. The van der Waals surface area contributed by atoms with Crippen molar-refractivity contribution in [3.8, 4) is 0 Å². The molecule has 1 aromatic heterocycles. The molecule has 1 aromatic rings. The molecule has 0 fully saturated rings. The summed E-state index contributed by atoms with van der Waals surface area (Å²) in [6.45, 7) is 1.18. The van der Waals surface area contributed by atoms with E-state index >= 15 is 0 Å².